The molecule has 0 aliphatic rings. The molecule has 0 aliphatic heterocycles. The van der Waals surface area contributed by atoms with E-state index in [1.807, 2.05) is 69.3 Å². The van der Waals surface area contributed by atoms with Crippen LogP contribution in [0, 0.1) is 20.8 Å². The Bertz CT molecular complexity index is 1320. The Hall–Kier alpha value is -3.94. The third-order valence-corrected chi connectivity index (χ3v) is 5.26. The number of carbonyl (C=O) groups excluding carboxylic acids is 1. The van der Waals surface area contributed by atoms with Crippen molar-refractivity contribution in [3.63, 3.8) is 0 Å². The predicted octanol–water partition coefficient (Wildman–Crippen LogP) is 3.22. The van der Waals surface area contributed by atoms with E-state index in [1.165, 1.54) is 19.5 Å². The molecule has 31 heavy (non-hydrogen) atoms. The molecule has 8 nitrogen and oxygen atoms in total. The van der Waals surface area contributed by atoms with Crippen LogP contribution in [0.4, 0.5) is 17.3 Å². The Morgan fingerprint density at radius 1 is 1.03 bits per heavy atom. The van der Waals surface area contributed by atoms with Crippen LogP contribution in [-0.4, -0.2) is 32.1 Å². The van der Waals surface area contributed by atoms with Gasteiger partial charge in [0, 0.05) is 30.2 Å². The van der Waals surface area contributed by atoms with Gasteiger partial charge in [-0.3, -0.25) is 4.79 Å². The number of likely N-dealkylation sites (N-methyl/N-ethyl adjacent to an activating group) is 1. The Morgan fingerprint density at radius 2 is 1.77 bits per heavy atom. The zero-order valence-corrected chi connectivity index (χ0v) is 18.0. The van der Waals surface area contributed by atoms with E-state index in [0.717, 1.165) is 16.9 Å². The highest BCUT2D eigenvalue weighted by Gasteiger charge is 2.18. The molecule has 0 atom stereocenters. The van der Waals surface area contributed by atoms with E-state index < -0.39 is 5.69 Å². The third-order valence-electron chi connectivity index (χ3n) is 5.26. The normalized spacial score (nSPS) is 11.0. The number of benzene rings is 2. The second-order valence-corrected chi connectivity index (χ2v) is 7.57. The molecule has 4 rings (SSSR count). The summed E-state index contributed by atoms with van der Waals surface area (Å²) < 4.78 is 2.56. The van der Waals surface area contributed by atoms with Crippen molar-refractivity contribution in [1.82, 2.24) is 19.2 Å². The van der Waals surface area contributed by atoms with Crippen LogP contribution in [0.3, 0.4) is 0 Å². The molecule has 8 heteroatoms. The fourth-order valence-electron chi connectivity index (χ4n) is 3.32. The van der Waals surface area contributed by atoms with E-state index in [1.54, 1.807) is 13.1 Å². The SMILES string of the molecule is Cc1cc2nn(CC(=O)N(C)c3ccccc3)c(=O)n2c(Nc2ccc(C)c(C)c2)n1. The van der Waals surface area contributed by atoms with E-state index in [-0.39, 0.29) is 12.5 Å². The quantitative estimate of drug-likeness (QED) is 0.540. The van der Waals surface area contributed by atoms with Gasteiger partial charge in [0.2, 0.25) is 11.9 Å². The molecule has 0 fully saturated rings. The van der Waals surface area contributed by atoms with Crippen LogP contribution in [0.5, 0.6) is 0 Å². The summed E-state index contributed by atoms with van der Waals surface area (Å²) in [7, 11) is 1.68. The summed E-state index contributed by atoms with van der Waals surface area (Å²) in [5.41, 5.74) is 4.60. The van der Waals surface area contributed by atoms with Crippen molar-refractivity contribution in [2.24, 2.45) is 0 Å². The van der Waals surface area contributed by atoms with Crippen LogP contribution in [-0.2, 0) is 11.3 Å². The summed E-state index contributed by atoms with van der Waals surface area (Å²) in [6.45, 7) is 5.73. The van der Waals surface area contributed by atoms with Gasteiger partial charge in [0.05, 0.1) is 0 Å². The molecular weight excluding hydrogens is 392 g/mol. The number of para-hydroxylation sites is 1. The first-order chi connectivity index (χ1) is 14.8. The highest BCUT2D eigenvalue weighted by atomic mass is 16.2. The lowest BCUT2D eigenvalue weighted by atomic mass is 10.1. The Kier molecular flexibility index (Phi) is 5.29. The van der Waals surface area contributed by atoms with Crippen LogP contribution in [0.15, 0.2) is 59.4 Å². The zero-order valence-electron chi connectivity index (χ0n) is 18.0. The molecule has 2 aromatic carbocycles. The monoisotopic (exact) mass is 416 g/mol. The maximum absolute atomic E-state index is 13.1. The smallest absolute Gasteiger partial charge is 0.325 e. The molecule has 1 N–H and O–H groups in total. The van der Waals surface area contributed by atoms with E-state index in [0.29, 0.717) is 17.3 Å². The number of rotatable bonds is 5. The number of carbonyl (C=O) groups is 1. The summed E-state index contributed by atoms with van der Waals surface area (Å²) in [6.07, 6.45) is 0. The number of amides is 1. The van der Waals surface area contributed by atoms with Crippen LogP contribution in [0.2, 0.25) is 0 Å². The molecule has 2 heterocycles. The summed E-state index contributed by atoms with van der Waals surface area (Å²) >= 11 is 0. The molecule has 0 radical (unpaired) electrons. The lowest BCUT2D eigenvalue weighted by Crippen LogP contribution is -2.34. The number of aromatic nitrogens is 4. The zero-order chi connectivity index (χ0) is 22.1. The topological polar surface area (TPSA) is 84.5 Å². The number of nitrogens with one attached hydrogen (secondary N) is 1. The van der Waals surface area contributed by atoms with Crippen molar-refractivity contribution in [3.8, 4) is 0 Å². The predicted molar refractivity (Wildman–Crippen MR) is 121 cm³/mol. The van der Waals surface area contributed by atoms with Crippen molar-refractivity contribution in [3.05, 3.63) is 81.9 Å². The molecule has 0 spiro atoms. The Morgan fingerprint density at radius 3 is 2.48 bits per heavy atom. The van der Waals surface area contributed by atoms with Crippen molar-refractivity contribution in [1.29, 1.82) is 0 Å². The van der Waals surface area contributed by atoms with Gasteiger partial charge in [-0.2, -0.15) is 0 Å². The van der Waals surface area contributed by atoms with Gasteiger partial charge in [0.15, 0.2) is 5.65 Å². The highest BCUT2D eigenvalue weighted by Crippen LogP contribution is 2.19. The van der Waals surface area contributed by atoms with E-state index in [2.05, 4.69) is 15.4 Å². The molecule has 2 aromatic heterocycles. The first-order valence-corrected chi connectivity index (χ1v) is 9.96. The van der Waals surface area contributed by atoms with Crippen LogP contribution in [0.25, 0.3) is 5.65 Å². The molecular formula is C23H24N6O2. The minimum Gasteiger partial charge on any atom is -0.325 e. The van der Waals surface area contributed by atoms with Gasteiger partial charge in [-0.1, -0.05) is 24.3 Å². The van der Waals surface area contributed by atoms with Gasteiger partial charge in [-0.15, -0.1) is 5.10 Å². The van der Waals surface area contributed by atoms with E-state index in [4.69, 9.17) is 0 Å². The summed E-state index contributed by atoms with van der Waals surface area (Å²) in [5.74, 6) is 0.114. The van der Waals surface area contributed by atoms with Gasteiger partial charge < -0.3 is 10.2 Å². The van der Waals surface area contributed by atoms with Crippen molar-refractivity contribution in [2.45, 2.75) is 27.3 Å². The molecule has 0 aliphatic carbocycles. The molecule has 158 valence electrons. The average molecular weight is 416 g/mol. The van der Waals surface area contributed by atoms with Crippen molar-refractivity contribution in [2.75, 3.05) is 17.3 Å². The van der Waals surface area contributed by atoms with Crippen molar-refractivity contribution >= 4 is 28.9 Å². The molecule has 1 amide bonds. The van der Waals surface area contributed by atoms with Crippen LogP contribution in [0.1, 0.15) is 16.8 Å². The second-order valence-electron chi connectivity index (χ2n) is 7.57. The molecule has 0 unspecified atom stereocenters. The lowest BCUT2D eigenvalue weighted by molar-refractivity contribution is -0.119. The molecule has 0 saturated heterocycles. The first-order valence-electron chi connectivity index (χ1n) is 9.96. The number of anilines is 3. The molecule has 0 saturated carbocycles. The largest absolute Gasteiger partial charge is 0.353 e. The summed E-state index contributed by atoms with van der Waals surface area (Å²) in [5, 5.41) is 7.58. The average Bonchev–Trinajstić information content (AvgIpc) is 3.05. The fourth-order valence-corrected chi connectivity index (χ4v) is 3.32. The number of hydrogen-bond acceptors (Lipinski definition) is 5. The van der Waals surface area contributed by atoms with Gasteiger partial charge in [-0.25, -0.2) is 18.9 Å². The first kappa shape index (κ1) is 20.3. The van der Waals surface area contributed by atoms with Crippen LogP contribution >= 0.6 is 0 Å². The maximum atomic E-state index is 13.1. The number of aryl methyl sites for hydroxylation is 3. The van der Waals surface area contributed by atoms with Gasteiger partial charge in [0.1, 0.15) is 6.54 Å². The van der Waals surface area contributed by atoms with Crippen LogP contribution < -0.4 is 15.9 Å². The standard InChI is InChI=1S/C23H24N6O2/c1-15-10-11-18(12-16(15)2)25-22-24-17(3)13-20-26-28(23(31)29(20)22)14-21(30)27(4)19-8-6-5-7-9-19/h5-13H,14H2,1-4H3,(H,24,25). The van der Waals surface area contributed by atoms with Gasteiger partial charge in [0.25, 0.3) is 0 Å². The Labute approximate surface area is 179 Å². The van der Waals surface area contributed by atoms with Crippen molar-refractivity contribution < 1.29 is 4.79 Å². The Balaban J connectivity index is 1.68. The molecule has 4 aromatic rings. The fraction of sp³-hybridized carbons (Fsp3) is 0.217. The summed E-state index contributed by atoms with van der Waals surface area (Å²) in [4.78, 5) is 31.8. The van der Waals surface area contributed by atoms with Gasteiger partial charge >= 0.3 is 5.69 Å². The maximum Gasteiger partial charge on any atom is 0.353 e. The number of fused-ring (bicyclic) bond motifs is 1. The third kappa shape index (κ3) is 4.05. The summed E-state index contributed by atoms with van der Waals surface area (Å²) in [6, 6.07) is 16.9. The highest BCUT2D eigenvalue weighted by molar-refractivity contribution is 5.92. The van der Waals surface area contributed by atoms with E-state index >= 15 is 0 Å². The number of nitrogens with zero attached hydrogens (tertiary/aromatic N) is 5. The van der Waals surface area contributed by atoms with Gasteiger partial charge in [-0.05, 0) is 56.2 Å². The minimum absolute atomic E-state index is 0.173. The van der Waals surface area contributed by atoms with E-state index in [9.17, 15) is 9.59 Å². The lowest BCUT2D eigenvalue weighted by Gasteiger charge is -2.16. The molecule has 0 bridgehead atoms. The second kappa shape index (κ2) is 8.06. The number of hydrogen-bond donors (Lipinski definition) is 1. The minimum atomic E-state index is -0.427.